The molecule has 5 heteroatoms. The van der Waals surface area contributed by atoms with Crippen molar-refractivity contribution in [2.75, 3.05) is 0 Å². The molecule has 4 aliphatic rings. The number of fused-ring (bicyclic) bond motifs is 5. The second kappa shape index (κ2) is 6.89. The summed E-state index contributed by atoms with van der Waals surface area (Å²) < 4.78 is 5.79. The third kappa shape index (κ3) is 2.89. The fourth-order valence-corrected chi connectivity index (χ4v) is 7.54. The van der Waals surface area contributed by atoms with Crippen molar-refractivity contribution in [2.45, 2.75) is 81.9 Å². The predicted octanol–water partition coefficient (Wildman–Crippen LogP) is 3.59. The Balaban J connectivity index is 1.61. The number of hydrogen-bond acceptors (Lipinski definition) is 4. The minimum absolute atomic E-state index is 0.0630. The van der Waals surface area contributed by atoms with E-state index in [-0.39, 0.29) is 34.3 Å². The Bertz CT molecular complexity index is 605. The van der Waals surface area contributed by atoms with E-state index < -0.39 is 6.10 Å². The van der Waals surface area contributed by atoms with Crippen LogP contribution in [0.4, 0.5) is 0 Å². The summed E-state index contributed by atoms with van der Waals surface area (Å²) >= 11 is 3.77. The molecule has 26 heavy (non-hydrogen) atoms. The number of carbonyl (C=O) groups is 1. The number of aliphatic hydroxyl groups is 2. The normalized spacial score (nSPS) is 50.3. The standard InChI is InChI=1S/C21H31BrO4/c1-3-18(25)26-20-13-4-5-15-19(14(13)10-16(20)22)17(24)9-11-8-12(23)6-7-21(11,15)2/h9,12-17,19-20,23-24H,3-8,10H2,1-2H3/t12-,13-,14?,15?,16+,17?,19?,20+,21-/m0/s1. The van der Waals surface area contributed by atoms with Crippen LogP contribution in [0, 0.1) is 29.1 Å². The summed E-state index contributed by atoms with van der Waals surface area (Å²) in [6.45, 7) is 4.19. The molecule has 0 aromatic heterocycles. The Morgan fingerprint density at radius 1 is 1.31 bits per heavy atom. The van der Waals surface area contributed by atoms with Crippen molar-refractivity contribution in [2.24, 2.45) is 29.1 Å². The molecule has 4 nitrogen and oxygen atoms in total. The summed E-state index contributed by atoms with van der Waals surface area (Å²) in [6, 6.07) is 0. The molecule has 0 heterocycles. The van der Waals surface area contributed by atoms with Gasteiger partial charge in [-0.2, -0.15) is 0 Å². The van der Waals surface area contributed by atoms with Crippen LogP contribution in [0.25, 0.3) is 0 Å². The van der Waals surface area contributed by atoms with Gasteiger partial charge in [0.1, 0.15) is 6.10 Å². The number of halogens is 1. The lowest BCUT2D eigenvalue weighted by atomic mass is 9.50. The molecule has 0 bridgehead atoms. The van der Waals surface area contributed by atoms with E-state index in [4.69, 9.17) is 4.74 Å². The number of esters is 1. The van der Waals surface area contributed by atoms with Gasteiger partial charge in [0.15, 0.2) is 0 Å². The molecular weight excluding hydrogens is 396 g/mol. The lowest BCUT2D eigenvalue weighted by molar-refractivity contribution is -0.152. The molecule has 0 saturated heterocycles. The Morgan fingerprint density at radius 3 is 2.81 bits per heavy atom. The molecule has 0 aliphatic heterocycles. The first kappa shape index (κ1) is 18.9. The first-order valence-electron chi connectivity index (χ1n) is 10.3. The first-order valence-corrected chi connectivity index (χ1v) is 11.2. The van der Waals surface area contributed by atoms with E-state index in [1.165, 1.54) is 5.57 Å². The largest absolute Gasteiger partial charge is 0.461 e. The number of alkyl halides is 1. The van der Waals surface area contributed by atoms with E-state index in [1.54, 1.807) is 0 Å². The zero-order chi connectivity index (χ0) is 18.6. The van der Waals surface area contributed by atoms with E-state index in [0.717, 1.165) is 32.1 Å². The molecule has 0 spiro atoms. The van der Waals surface area contributed by atoms with Crippen molar-refractivity contribution < 1.29 is 19.7 Å². The second-order valence-corrected chi connectivity index (χ2v) is 10.3. The van der Waals surface area contributed by atoms with Crippen LogP contribution in [-0.4, -0.2) is 39.3 Å². The molecule has 4 rings (SSSR count). The van der Waals surface area contributed by atoms with Gasteiger partial charge in [-0.15, -0.1) is 0 Å². The van der Waals surface area contributed by atoms with Crippen molar-refractivity contribution in [3.63, 3.8) is 0 Å². The van der Waals surface area contributed by atoms with Gasteiger partial charge in [-0.3, -0.25) is 4.79 Å². The second-order valence-electron chi connectivity index (χ2n) is 9.15. The molecule has 9 atom stereocenters. The zero-order valence-corrected chi connectivity index (χ0v) is 17.3. The van der Waals surface area contributed by atoms with Crippen LogP contribution in [0.1, 0.15) is 58.8 Å². The van der Waals surface area contributed by atoms with Gasteiger partial charge in [-0.25, -0.2) is 0 Å². The number of hydrogen-bond donors (Lipinski definition) is 2. The first-order chi connectivity index (χ1) is 12.3. The molecular formula is C21H31BrO4. The van der Waals surface area contributed by atoms with Crippen molar-refractivity contribution in [1.29, 1.82) is 0 Å². The van der Waals surface area contributed by atoms with E-state index >= 15 is 0 Å². The van der Waals surface area contributed by atoms with Gasteiger partial charge in [-0.1, -0.05) is 41.4 Å². The van der Waals surface area contributed by atoms with E-state index in [1.807, 2.05) is 6.92 Å². The highest BCUT2D eigenvalue weighted by Gasteiger charge is 2.58. The summed E-state index contributed by atoms with van der Waals surface area (Å²) in [7, 11) is 0. The molecule has 146 valence electrons. The summed E-state index contributed by atoms with van der Waals surface area (Å²) in [5.74, 6) is 1.32. The van der Waals surface area contributed by atoms with Crippen LogP contribution < -0.4 is 0 Å². The SMILES string of the molecule is CCC(=O)O[C@H]1[C@H](Br)CC2C3C(O)C=C4C[C@@H](O)CC[C@]4(C)C3CC[C@@H]21. The molecule has 4 aliphatic carbocycles. The Kier molecular flexibility index (Phi) is 5.02. The summed E-state index contributed by atoms with van der Waals surface area (Å²) in [4.78, 5) is 12.1. The number of carbonyl (C=O) groups excluding carboxylic acids is 1. The average Bonchev–Trinajstić information content (AvgIpc) is 2.92. The quantitative estimate of drug-likeness (QED) is 0.402. The Labute approximate surface area is 164 Å². The third-order valence-corrected chi connectivity index (χ3v) is 8.82. The lowest BCUT2D eigenvalue weighted by Crippen LogP contribution is -2.52. The molecule has 3 fully saturated rings. The van der Waals surface area contributed by atoms with Gasteiger partial charge in [0, 0.05) is 12.3 Å². The highest BCUT2D eigenvalue weighted by Crippen LogP contribution is 2.62. The highest BCUT2D eigenvalue weighted by molar-refractivity contribution is 9.09. The highest BCUT2D eigenvalue weighted by atomic mass is 79.9. The predicted molar refractivity (Wildman–Crippen MR) is 103 cm³/mol. The van der Waals surface area contributed by atoms with Gasteiger partial charge in [0.2, 0.25) is 0 Å². The van der Waals surface area contributed by atoms with Crippen molar-refractivity contribution >= 4 is 21.9 Å². The minimum Gasteiger partial charge on any atom is -0.461 e. The maximum Gasteiger partial charge on any atom is 0.305 e. The van der Waals surface area contributed by atoms with Crippen LogP contribution in [0.5, 0.6) is 0 Å². The van der Waals surface area contributed by atoms with E-state index in [2.05, 4.69) is 28.9 Å². The summed E-state index contributed by atoms with van der Waals surface area (Å²) in [6.07, 6.45) is 7.39. The smallest absolute Gasteiger partial charge is 0.305 e. The Hall–Kier alpha value is -0.390. The third-order valence-electron chi connectivity index (χ3n) is 7.92. The van der Waals surface area contributed by atoms with Crippen LogP contribution in [0.3, 0.4) is 0 Å². The molecule has 2 N–H and O–H groups in total. The lowest BCUT2D eigenvalue weighted by Gasteiger charge is -2.56. The van der Waals surface area contributed by atoms with E-state index in [0.29, 0.717) is 30.6 Å². The van der Waals surface area contributed by atoms with Gasteiger partial charge in [0.05, 0.1) is 17.0 Å². The maximum absolute atomic E-state index is 11.9. The van der Waals surface area contributed by atoms with Gasteiger partial charge in [-0.05, 0) is 61.7 Å². The average molecular weight is 427 g/mol. The van der Waals surface area contributed by atoms with Crippen LogP contribution in [0.15, 0.2) is 11.6 Å². The molecule has 3 saturated carbocycles. The van der Waals surface area contributed by atoms with E-state index in [9.17, 15) is 15.0 Å². The number of ether oxygens (including phenoxy) is 1. The zero-order valence-electron chi connectivity index (χ0n) is 15.7. The van der Waals surface area contributed by atoms with Crippen LogP contribution >= 0.6 is 15.9 Å². The summed E-state index contributed by atoms with van der Waals surface area (Å²) in [5.41, 5.74) is 1.37. The Morgan fingerprint density at radius 2 is 2.08 bits per heavy atom. The minimum atomic E-state index is -0.443. The molecule has 0 aromatic carbocycles. The molecule has 0 aromatic rings. The maximum atomic E-state index is 11.9. The van der Waals surface area contributed by atoms with Crippen LogP contribution in [-0.2, 0) is 9.53 Å². The summed E-state index contributed by atoms with van der Waals surface area (Å²) in [5, 5.41) is 21.1. The van der Waals surface area contributed by atoms with Crippen molar-refractivity contribution in [3.8, 4) is 0 Å². The van der Waals surface area contributed by atoms with Gasteiger partial charge >= 0.3 is 5.97 Å². The number of rotatable bonds is 2. The fourth-order valence-electron chi connectivity index (χ4n) is 6.61. The monoisotopic (exact) mass is 426 g/mol. The fraction of sp³-hybridized carbons (Fsp3) is 0.857. The topological polar surface area (TPSA) is 66.8 Å². The number of aliphatic hydroxyl groups excluding tert-OH is 2. The molecule has 0 amide bonds. The van der Waals surface area contributed by atoms with Gasteiger partial charge < -0.3 is 14.9 Å². The van der Waals surface area contributed by atoms with Crippen LogP contribution in [0.2, 0.25) is 0 Å². The molecule has 4 unspecified atom stereocenters. The van der Waals surface area contributed by atoms with Crippen molar-refractivity contribution in [1.82, 2.24) is 0 Å². The van der Waals surface area contributed by atoms with Gasteiger partial charge in [0.25, 0.3) is 0 Å². The van der Waals surface area contributed by atoms with Crippen molar-refractivity contribution in [3.05, 3.63) is 11.6 Å². The molecule has 0 radical (unpaired) electrons.